The van der Waals surface area contributed by atoms with Gasteiger partial charge in [0, 0.05) is 12.1 Å². The summed E-state index contributed by atoms with van der Waals surface area (Å²) in [5, 5.41) is 3.10. The highest BCUT2D eigenvalue weighted by atomic mass is 35.5. The maximum absolute atomic E-state index is 12.4. The molecule has 0 aromatic heterocycles. The molecular formula is C18H29ClN2O2. The first-order valence-electron chi connectivity index (χ1n) is 8.34. The van der Waals surface area contributed by atoms with Gasteiger partial charge in [-0.1, -0.05) is 19.8 Å². The minimum Gasteiger partial charge on any atom is -0.494 e. The van der Waals surface area contributed by atoms with Crippen LogP contribution in [0.15, 0.2) is 24.3 Å². The standard InChI is InChI=1S/C18H28N2O2.ClH/c1-3-4-5-12-22-16-10-6-14(7-11-16)17(21)20-18(2,13-19)15-8-9-15;/h6-7,10-11,15H,3-5,8-9,12-13,19H2,1-2H3,(H,20,21);1H. The van der Waals surface area contributed by atoms with Gasteiger partial charge < -0.3 is 15.8 Å². The van der Waals surface area contributed by atoms with E-state index in [-0.39, 0.29) is 23.9 Å². The van der Waals surface area contributed by atoms with Crippen LogP contribution in [0.4, 0.5) is 0 Å². The van der Waals surface area contributed by atoms with Crippen molar-refractivity contribution < 1.29 is 9.53 Å². The number of benzene rings is 1. The van der Waals surface area contributed by atoms with Crippen molar-refractivity contribution in [2.24, 2.45) is 11.7 Å². The number of unbranched alkanes of at least 4 members (excludes halogenated alkanes) is 2. The van der Waals surface area contributed by atoms with Crippen molar-refractivity contribution in [2.45, 2.75) is 51.5 Å². The lowest BCUT2D eigenvalue weighted by Crippen LogP contribution is -2.53. The van der Waals surface area contributed by atoms with Crippen molar-refractivity contribution in [2.75, 3.05) is 13.2 Å². The molecule has 0 bridgehead atoms. The molecule has 0 saturated heterocycles. The van der Waals surface area contributed by atoms with E-state index in [2.05, 4.69) is 12.2 Å². The summed E-state index contributed by atoms with van der Waals surface area (Å²) in [7, 11) is 0. The maximum Gasteiger partial charge on any atom is 0.251 e. The van der Waals surface area contributed by atoms with Crippen LogP contribution in [0.1, 0.15) is 56.3 Å². The van der Waals surface area contributed by atoms with E-state index in [0.29, 0.717) is 18.0 Å². The third-order valence-corrected chi connectivity index (χ3v) is 4.43. The highest BCUT2D eigenvalue weighted by molar-refractivity contribution is 5.94. The van der Waals surface area contributed by atoms with Gasteiger partial charge in [0.15, 0.2) is 0 Å². The average molecular weight is 341 g/mol. The summed E-state index contributed by atoms with van der Waals surface area (Å²) < 4.78 is 5.66. The number of carbonyl (C=O) groups is 1. The van der Waals surface area contributed by atoms with Gasteiger partial charge in [-0.3, -0.25) is 4.79 Å². The first kappa shape index (κ1) is 19.8. The van der Waals surface area contributed by atoms with Crippen molar-refractivity contribution in [1.82, 2.24) is 5.32 Å². The van der Waals surface area contributed by atoms with Gasteiger partial charge in [-0.05, 0) is 56.4 Å². The summed E-state index contributed by atoms with van der Waals surface area (Å²) in [4.78, 5) is 12.4. The van der Waals surface area contributed by atoms with Gasteiger partial charge in [0.25, 0.3) is 5.91 Å². The normalized spacial score (nSPS) is 16.1. The molecule has 0 spiro atoms. The lowest BCUT2D eigenvalue weighted by atomic mass is 9.95. The topological polar surface area (TPSA) is 64.3 Å². The van der Waals surface area contributed by atoms with Gasteiger partial charge in [0.2, 0.25) is 0 Å². The van der Waals surface area contributed by atoms with E-state index < -0.39 is 0 Å². The van der Waals surface area contributed by atoms with E-state index in [1.165, 1.54) is 12.8 Å². The summed E-state index contributed by atoms with van der Waals surface area (Å²) in [6.45, 7) is 5.41. The minimum absolute atomic E-state index is 0. The summed E-state index contributed by atoms with van der Waals surface area (Å²) in [5.41, 5.74) is 6.21. The van der Waals surface area contributed by atoms with E-state index >= 15 is 0 Å². The molecule has 23 heavy (non-hydrogen) atoms. The molecule has 1 aliphatic rings. The highest BCUT2D eigenvalue weighted by Crippen LogP contribution is 2.39. The van der Waals surface area contributed by atoms with E-state index in [1.54, 1.807) is 0 Å². The monoisotopic (exact) mass is 340 g/mol. The molecule has 5 heteroatoms. The zero-order chi connectivity index (χ0) is 16.0. The third kappa shape index (κ3) is 5.70. The number of hydrogen-bond donors (Lipinski definition) is 2. The molecule has 1 aromatic carbocycles. The van der Waals surface area contributed by atoms with Gasteiger partial charge in [0.1, 0.15) is 5.75 Å². The van der Waals surface area contributed by atoms with Crippen LogP contribution in [0.5, 0.6) is 5.75 Å². The Hall–Kier alpha value is -1.26. The van der Waals surface area contributed by atoms with E-state index in [1.807, 2.05) is 31.2 Å². The number of halogens is 1. The van der Waals surface area contributed by atoms with Crippen LogP contribution in [0.3, 0.4) is 0 Å². The van der Waals surface area contributed by atoms with Crippen LogP contribution in [-0.4, -0.2) is 24.6 Å². The van der Waals surface area contributed by atoms with Crippen LogP contribution in [0, 0.1) is 5.92 Å². The summed E-state index contributed by atoms with van der Waals surface area (Å²) in [6, 6.07) is 7.35. The number of hydrogen-bond acceptors (Lipinski definition) is 3. The molecular weight excluding hydrogens is 312 g/mol. The SMILES string of the molecule is CCCCCOc1ccc(C(=O)NC(C)(CN)C2CC2)cc1.Cl. The second kappa shape index (κ2) is 9.14. The Labute approximate surface area is 145 Å². The molecule has 0 aliphatic heterocycles. The van der Waals surface area contributed by atoms with Gasteiger partial charge in [-0.15, -0.1) is 12.4 Å². The fraction of sp³-hybridized carbons (Fsp3) is 0.611. The smallest absolute Gasteiger partial charge is 0.251 e. The fourth-order valence-corrected chi connectivity index (χ4v) is 2.62. The molecule has 1 amide bonds. The molecule has 0 radical (unpaired) electrons. The number of rotatable bonds is 9. The van der Waals surface area contributed by atoms with Crippen molar-refractivity contribution in [3.05, 3.63) is 29.8 Å². The number of carbonyl (C=O) groups excluding carboxylic acids is 1. The zero-order valence-electron chi connectivity index (χ0n) is 14.1. The second-order valence-corrected chi connectivity index (χ2v) is 6.43. The molecule has 1 saturated carbocycles. The quantitative estimate of drug-likeness (QED) is 0.676. The van der Waals surface area contributed by atoms with Crippen LogP contribution in [0.25, 0.3) is 0 Å². The predicted octanol–water partition coefficient (Wildman–Crippen LogP) is 3.53. The number of nitrogens with one attached hydrogen (secondary N) is 1. The molecule has 2 rings (SSSR count). The Balaban J connectivity index is 0.00000264. The lowest BCUT2D eigenvalue weighted by molar-refractivity contribution is 0.0898. The molecule has 0 heterocycles. The average Bonchev–Trinajstić information content (AvgIpc) is 3.37. The first-order valence-corrected chi connectivity index (χ1v) is 8.34. The van der Waals surface area contributed by atoms with Gasteiger partial charge in [-0.25, -0.2) is 0 Å². The summed E-state index contributed by atoms with van der Waals surface area (Å²) in [6.07, 6.45) is 5.73. The first-order chi connectivity index (χ1) is 10.6. The molecule has 1 unspecified atom stereocenters. The Morgan fingerprint density at radius 2 is 1.96 bits per heavy atom. The molecule has 4 nitrogen and oxygen atoms in total. The highest BCUT2D eigenvalue weighted by Gasteiger charge is 2.41. The van der Waals surface area contributed by atoms with Crippen LogP contribution < -0.4 is 15.8 Å². The predicted molar refractivity (Wildman–Crippen MR) is 96.4 cm³/mol. The fourth-order valence-electron chi connectivity index (χ4n) is 2.62. The maximum atomic E-state index is 12.4. The Bertz CT molecular complexity index is 488. The number of amides is 1. The molecule has 130 valence electrons. The summed E-state index contributed by atoms with van der Waals surface area (Å²) in [5.74, 6) is 1.27. The van der Waals surface area contributed by atoms with Crippen LogP contribution in [-0.2, 0) is 0 Å². The lowest BCUT2D eigenvalue weighted by Gasteiger charge is -2.29. The summed E-state index contributed by atoms with van der Waals surface area (Å²) >= 11 is 0. The van der Waals surface area contributed by atoms with Gasteiger partial charge in [0.05, 0.1) is 12.1 Å². The van der Waals surface area contributed by atoms with Crippen molar-refractivity contribution in [1.29, 1.82) is 0 Å². The van der Waals surface area contributed by atoms with Gasteiger partial charge in [-0.2, -0.15) is 0 Å². The van der Waals surface area contributed by atoms with Gasteiger partial charge >= 0.3 is 0 Å². The van der Waals surface area contributed by atoms with Crippen molar-refractivity contribution in [3.8, 4) is 5.75 Å². The molecule has 1 aliphatic carbocycles. The Kier molecular flexibility index (Phi) is 7.86. The number of ether oxygens (including phenoxy) is 1. The Morgan fingerprint density at radius 1 is 1.30 bits per heavy atom. The number of nitrogens with two attached hydrogens (primary N) is 1. The molecule has 1 fully saturated rings. The largest absolute Gasteiger partial charge is 0.494 e. The second-order valence-electron chi connectivity index (χ2n) is 6.43. The van der Waals surface area contributed by atoms with Crippen molar-refractivity contribution in [3.63, 3.8) is 0 Å². The van der Waals surface area contributed by atoms with Crippen molar-refractivity contribution >= 4 is 18.3 Å². The molecule has 1 atom stereocenters. The van der Waals surface area contributed by atoms with Crippen LogP contribution in [0.2, 0.25) is 0 Å². The Morgan fingerprint density at radius 3 is 2.48 bits per heavy atom. The van der Waals surface area contributed by atoms with E-state index in [4.69, 9.17) is 10.5 Å². The third-order valence-electron chi connectivity index (χ3n) is 4.43. The van der Waals surface area contributed by atoms with E-state index in [9.17, 15) is 4.79 Å². The van der Waals surface area contributed by atoms with E-state index in [0.717, 1.165) is 31.6 Å². The zero-order valence-corrected chi connectivity index (χ0v) is 15.0. The minimum atomic E-state index is -0.285. The molecule has 1 aromatic rings. The molecule has 3 N–H and O–H groups in total. The van der Waals surface area contributed by atoms with Crippen LogP contribution >= 0.6 is 12.4 Å².